The number of benzene rings is 7. The fourth-order valence-corrected chi connectivity index (χ4v) is 9.99. The second kappa shape index (κ2) is 18.6. The summed E-state index contributed by atoms with van der Waals surface area (Å²) in [6, 6.07) is 59.7. The van der Waals surface area contributed by atoms with Crippen molar-refractivity contribution in [3.05, 3.63) is 180 Å². The first-order valence-corrected chi connectivity index (χ1v) is 22.7. The summed E-state index contributed by atoms with van der Waals surface area (Å²) >= 11 is 0. The second-order valence-corrected chi connectivity index (χ2v) is 17.3. The number of hydrogen-bond donors (Lipinski definition) is 0. The molecule has 7 aromatic carbocycles. The van der Waals surface area contributed by atoms with Crippen LogP contribution in [0.15, 0.2) is 158 Å². The Morgan fingerprint density at radius 3 is 1.29 bits per heavy atom. The molecule has 0 atom stereocenters. The second-order valence-electron chi connectivity index (χ2n) is 17.3. The molecule has 59 heavy (non-hydrogen) atoms. The van der Waals surface area contributed by atoms with E-state index in [1.807, 2.05) is 0 Å². The molecule has 0 nitrogen and oxygen atoms in total. The molecule has 0 aromatic heterocycles. The maximum Gasteiger partial charge on any atom is 0.0215 e. The van der Waals surface area contributed by atoms with Crippen molar-refractivity contribution in [2.24, 2.45) is 0 Å². The number of rotatable bonds is 17. The van der Waals surface area contributed by atoms with E-state index in [1.165, 1.54) is 155 Å². The molecule has 0 spiro atoms. The minimum absolute atomic E-state index is 0.0715. The molecule has 1 aliphatic rings. The van der Waals surface area contributed by atoms with Gasteiger partial charge in [0, 0.05) is 5.41 Å². The van der Waals surface area contributed by atoms with Gasteiger partial charge >= 0.3 is 0 Å². The van der Waals surface area contributed by atoms with Crippen LogP contribution in [0.2, 0.25) is 0 Å². The summed E-state index contributed by atoms with van der Waals surface area (Å²) < 4.78 is 0. The van der Waals surface area contributed by atoms with Crippen LogP contribution in [-0.4, -0.2) is 0 Å². The van der Waals surface area contributed by atoms with E-state index in [4.69, 9.17) is 0 Å². The summed E-state index contributed by atoms with van der Waals surface area (Å²) in [5.41, 5.74) is 21.4. The normalized spacial score (nSPS) is 12.7. The smallest absolute Gasteiger partial charge is 0.0215 e. The van der Waals surface area contributed by atoms with E-state index in [-0.39, 0.29) is 5.41 Å². The van der Waals surface area contributed by atoms with Crippen LogP contribution in [0.3, 0.4) is 0 Å². The summed E-state index contributed by atoms with van der Waals surface area (Å²) in [5.74, 6) is 0. The van der Waals surface area contributed by atoms with Crippen LogP contribution in [0.25, 0.3) is 66.8 Å². The van der Waals surface area contributed by atoms with E-state index in [0.29, 0.717) is 0 Å². The van der Waals surface area contributed by atoms with Crippen molar-refractivity contribution in [2.75, 3.05) is 0 Å². The highest BCUT2D eigenvalue weighted by molar-refractivity contribution is 5.89. The van der Waals surface area contributed by atoms with E-state index in [2.05, 4.69) is 185 Å². The van der Waals surface area contributed by atoms with Crippen molar-refractivity contribution in [2.45, 2.75) is 110 Å². The minimum atomic E-state index is 0.0715. The van der Waals surface area contributed by atoms with Gasteiger partial charge in [-0.05, 0) is 117 Å². The predicted octanol–water partition coefficient (Wildman–Crippen LogP) is 17.6. The van der Waals surface area contributed by atoms with Crippen molar-refractivity contribution in [1.29, 1.82) is 0 Å². The highest BCUT2D eigenvalue weighted by atomic mass is 14.4. The van der Waals surface area contributed by atoms with Gasteiger partial charge in [0.2, 0.25) is 0 Å². The first kappa shape index (κ1) is 40.3. The molecular formula is C59H62. The Bertz CT molecular complexity index is 2480. The maximum atomic E-state index is 2.60. The van der Waals surface area contributed by atoms with Crippen LogP contribution in [0.5, 0.6) is 0 Å². The summed E-state index contributed by atoms with van der Waals surface area (Å²) in [6.07, 6.45) is 15.7. The molecule has 8 rings (SSSR count). The molecule has 298 valence electrons. The van der Waals surface area contributed by atoms with Gasteiger partial charge < -0.3 is 0 Å². The van der Waals surface area contributed by atoms with Crippen molar-refractivity contribution < 1.29 is 0 Å². The molecule has 0 radical (unpaired) electrons. The van der Waals surface area contributed by atoms with Crippen molar-refractivity contribution in [1.82, 2.24) is 0 Å². The number of unbranched alkanes of at least 4 members (excludes halogenated alkanes) is 8. The third kappa shape index (κ3) is 8.65. The largest absolute Gasteiger partial charge is 0.0654 e. The van der Waals surface area contributed by atoms with Crippen molar-refractivity contribution in [3.63, 3.8) is 0 Å². The standard InChI is InChI=1S/C59H62/c1-5-7-9-11-17-37-59(38-18-12-10-8-6-2)57-40-44(4)29-35-55(57)56-36-34-48(42-58(56)59)47-22-20-24-50(41-47)54-28-16-14-26-52(54)46-32-30-45(31-33-46)51-25-13-15-27-53(51)49-23-19-21-43(3)39-49/h13-16,19-36,39-42H,5-12,17-18,37-38H2,1-4H3. The molecule has 0 saturated heterocycles. The Labute approximate surface area is 355 Å². The lowest BCUT2D eigenvalue weighted by Gasteiger charge is -2.33. The molecule has 0 amide bonds. The molecule has 0 aliphatic heterocycles. The zero-order valence-corrected chi connectivity index (χ0v) is 36.0. The van der Waals surface area contributed by atoms with Gasteiger partial charge in [0.15, 0.2) is 0 Å². The SMILES string of the molecule is CCCCCCCC1(CCCCCCC)c2cc(C)ccc2-c2ccc(-c3cccc(-c4ccccc4-c4ccc(-c5ccccc5-c5cccc(C)c5)cc4)c3)cc21. The quantitative estimate of drug-likeness (QED) is 0.0809. The molecule has 0 unspecified atom stereocenters. The fraction of sp³-hybridized carbons (Fsp3) is 0.288. The van der Waals surface area contributed by atoms with E-state index < -0.39 is 0 Å². The summed E-state index contributed by atoms with van der Waals surface area (Å²) in [4.78, 5) is 0. The zero-order chi connectivity index (χ0) is 40.6. The van der Waals surface area contributed by atoms with Gasteiger partial charge in [-0.2, -0.15) is 0 Å². The van der Waals surface area contributed by atoms with E-state index >= 15 is 0 Å². The van der Waals surface area contributed by atoms with Gasteiger partial charge in [0.1, 0.15) is 0 Å². The zero-order valence-electron chi connectivity index (χ0n) is 36.0. The van der Waals surface area contributed by atoms with Crippen LogP contribution in [0, 0.1) is 13.8 Å². The van der Waals surface area contributed by atoms with Gasteiger partial charge in [-0.15, -0.1) is 0 Å². The van der Waals surface area contributed by atoms with Crippen LogP contribution in [0.4, 0.5) is 0 Å². The Morgan fingerprint density at radius 2 is 0.729 bits per heavy atom. The summed E-state index contributed by atoms with van der Waals surface area (Å²) in [7, 11) is 0. The number of hydrogen-bond acceptors (Lipinski definition) is 0. The van der Waals surface area contributed by atoms with E-state index in [9.17, 15) is 0 Å². The lowest BCUT2D eigenvalue weighted by atomic mass is 9.70. The average molecular weight is 771 g/mol. The van der Waals surface area contributed by atoms with E-state index in [0.717, 1.165) is 0 Å². The Balaban J connectivity index is 1.13. The van der Waals surface area contributed by atoms with Crippen LogP contribution < -0.4 is 0 Å². The Kier molecular flexibility index (Phi) is 12.7. The number of fused-ring (bicyclic) bond motifs is 3. The van der Waals surface area contributed by atoms with Gasteiger partial charge in [-0.3, -0.25) is 0 Å². The van der Waals surface area contributed by atoms with Crippen LogP contribution >= 0.6 is 0 Å². The molecule has 0 heterocycles. The molecule has 0 heteroatoms. The molecule has 0 bridgehead atoms. The third-order valence-electron chi connectivity index (χ3n) is 13.1. The summed E-state index contributed by atoms with van der Waals surface area (Å²) in [5, 5.41) is 0. The summed E-state index contributed by atoms with van der Waals surface area (Å²) in [6.45, 7) is 9.10. The first-order chi connectivity index (χ1) is 29.0. The van der Waals surface area contributed by atoms with Crippen LogP contribution in [0.1, 0.15) is 113 Å². The Hall–Kier alpha value is -5.46. The molecule has 0 saturated carbocycles. The Morgan fingerprint density at radius 1 is 0.305 bits per heavy atom. The maximum absolute atomic E-state index is 2.60. The molecule has 0 fully saturated rings. The predicted molar refractivity (Wildman–Crippen MR) is 256 cm³/mol. The van der Waals surface area contributed by atoms with Gasteiger partial charge in [0.25, 0.3) is 0 Å². The highest BCUT2D eigenvalue weighted by Gasteiger charge is 2.42. The van der Waals surface area contributed by atoms with Gasteiger partial charge in [-0.1, -0.05) is 235 Å². The molecular weight excluding hydrogens is 709 g/mol. The van der Waals surface area contributed by atoms with Gasteiger partial charge in [0.05, 0.1) is 0 Å². The lowest BCUT2D eigenvalue weighted by molar-refractivity contribution is 0.399. The fourth-order valence-electron chi connectivity index (χ4n) is 9.99. The first-order valence-electron chi connectivity index (χ1n) is 22.7. The number of aryl methyl sites for hydroxylation is 2. The monoisotopic (exact) mass is 770 g/mol. The topological polar surface area (TPSA) is 0 Å². The van der Waals surface area contributed by atoms with Crippen molar-refractivity contribution >= 4 is 0 Å². The van der Waals surface area contributed by atoms with Crippen molar-refractivity contribution in [3.8, 4) is 66.8 Å². The van der Waals surface area contributed by atoms with Gasteiger partial charge in [-0.25, -0.2) is 0 Å². The molecule has 1 aliphatic carbocycles. The van der Waals surface area contributed by atoms with E-state index in [1.54, 1.807) is 11.1 Å². The minimum Gasteiger partial charge on any atom is -0.0654 e. The molecule has 0 N–H and O–H groups in total. The third-order valence-corrected chi connectivity index (χ3v) is 13.1. The highest BCUT2D eigenvalue weighted by Crippen LogP contribution is 2.55. The van der Waals surface area contributed by atoms with Crippen LogP contribution in [-0.2, 0) is 5.41 Å². The lowest BCUT2D eigenvalue weighted by Crippen LogP contribution is -2.25. The molecule has 7 aromatic rings. The average Bonchev–Trinajstić information content (AvgIpc) is 3.54.